The molecule has 73 heavy (non-hydrogen) atoms. The van der Waals surface area contributed by atoms with Crippen LogP contribution in [-0.2, 0) is 0 Å². The molecule has 0 bridgehead atoms. The molecule has 0 saturated heterocycles. The van der Waals surface area contributed by atoms with Crippen LogP contribution in [-0.4, -0.2) is 4.57 Å². The lowest BCUT2D eigenvalue weighted by atomic mass is 9.97. The summed E-state index contributed by atoms with van der Waals surface area (Å²) >= 11 is 0. The predicted molar refractivity (Wildman–Crippen MR) is 307 cm³/mol. The predicted octanol–water partition coefficient (Wildman–Crippen LogP) is 19.6. The second-order valence-corrected chi connectivity index (χ2v) is 18.9. The number of para-hydroxylation sites is 3. The van der Waals surface area contributed by atoms with Crippen molar-refractivity contribution >= 4 is 71.6 Å². The number of hydrogen-bond acceptors (Lipinski definition) is 2. The Balaban J connectivity index is 0.778. The number of anilines is 3. The fourth-order valence-corrected chi connectivity index (χ4v) is 10.9. The van der Waals surface area contributed by atoms with Crippen LogP contribution in [0.3, 0.4) is 0 Å². The highest BCUT2D eigenvalue weighted by Crippen LogP contribution is 2.40. The zero-order valence-corrected chi connectivity index (χ0v) is 39.9. The number of benzene rings is 12. The molecule has 3 nitrogen and oxygen atoms in total. The molecule has 0 amide bonds. The van der Waals surface area contributed by atoms with Crippen molar-refractivity contribution in [2.24, 2.45) is 0 Å². The minimum Gasteiger partial charge on any atom is -0.456 e. The van der Waals surface area contributed by atoms with Gasteiger partial charge in [0.1, 0.15) is 11.2 Å². The van der Waals surface area contributed by atoms with E-state index in [1.165, 1.54) is 71.5 Å². The van der Waals surface area contributed by atoms with Crippen molar-refractivity contribution < 1.29 is 4.42 Å². The molecule has 0 spiro atoms. The Morgan fingerprint density at radius 3 is 1.27 bits per heavy atom. The summed E-state index contributed by atoms with van der Waals surface area (Å²) in [5, 5.41) is 7.29. The first-order valence-electron chi connectivity index (χ1n) is 25.0. The Kier molecular flexibility index (Phi) is 10.2. The fourth-order valence-electron chi connectivity index (χ4n) is 10.9. The molecule has 342 valence electrons. The van der Waals surface area contributed by atoms with Gasteiger partial charge in [0, 0.05) is 44.3 Å². The van der Waals surface area contributed by atoms with Gasteiger partial charge in [-0.1, -0.05) is 188 Å². The maximum absolute atomic E-state index is 6.28. The number of hydrogen-bond donors (Lipinski definition) is 0. The number of aromatic nitrogens is 1. The van der Waals surface area contributed by atoms with E-state index in [-0.39, 0.29) is 0 Å². The maximum atomic E-state index is 6.28. The van der Waals surface area contributed by atoms with Crippen molar-refractivity contribution in [3.8, 4) is 61.3 Å². The molecule has 0 fully saturated rings. The van der Waals surface area contributed by atoms with Gasteiger partial charge in [-0.3, -0.25) is 0 Å². The average molecular weight is 931 g/mol. The number of fused-ring (bicyclic) bond motifs is 7. The molecule has 0 aliphatic heterocycles. The van der Waals surface area contributed by atoms with Gasteiger partial charge >= 0.3 is 0 Å². The molecular formula is C70H46N2O. The largest absolute Gasteiger partial charge is 0.456 e. The van der Waals surface area contributed by atoms with Gasteiger partial charge < -0.3 is 13.9 Å². The lowest BCUT2D eigenvalue weighted by Gasteiger charge is -2.26. The molecule has 0 unspecified atom stereocenters. The molecule has 2 heterocycles. The first-order chi connectivity index (χ1) is 36.1. The summed E-state index contributed by atoms with van der Waals surface area (Å²) in [5.41, 5.74) is 20.3. The number of furan rings is 1. The molecule has 0 aliphatic carbocycles. The quantitative estimate of drug-likeness (QED) is 0.144. The van der Waals surface area contributed by atoms with Crippen LogP contribution >= 0.6 is 0 Å². The summed E-state index contributed by atoms with van der Waals surface area (Å²) in [5.74, 6) is 0. The van der Waals surface area contributed by atoms with E-state index in [9.17, 15) is 0 Å². The fraction of sp³-hybridized carbons (Fsp3) is 0. The molecular weight excluding hydrogens is 885 g/mol. The monoisotopic (exact) mass is 930 g/mol. The summed E-state index contributed by atoms with van der Waals surface area (Å²) in [7, 11) is 0. The zero-order chi connectivity index (χ0) is 48.2. The first-order valence-corrected chi connectivity index (χ1v) is 25.0. The van der Waals surface area contributed by atoms with E-state index in [4.69, 9.17) is 4.42 Å². The van der Waals surface area contributed by atoms with Crippen LogP contribution in [0.25, 0.3) is 116 Å². The van der Waals surface area contributed by atoms with Crippen molar-refractivity contribution in [2.45, 2.75) is 0 Å². The normalized spacial score (nSPS) is 11.6. The highest BCUT2D eigenvalue weighted by atomic mass is 16.3. The highest BCUT2D eigenvalue weighted by Gasteiger charge is 2.17. The second-order valence-electron chi connectivity index (χ2n) is 18.9. The van der Waals surface area contributed by atoms with E-state index in [1.54, 1.807) is 0 Å². The van der Waals surface area contributed by atoms with Gasteiger partial charge in [-0.05, 0) is 157 Å². The van der Waals surface area contributed by atoms with Gasteiger partial charge in [0.15, 0.2) is 0 Å². The van der Waals surface area contributed by atoms with Crippen LogP contribution in [0.4, 0.5) is 17.1 Å². The van der Waals surface area contributed by atoms with Crippen molar-refractivity contribution in [1.29, 1.82) is 0 Å². The van der Waals surface area contributed by atoms with Crippen LogP contribution in [0.15, 0.2) is 283 Å². The van der Waals surface area contributed by atoms with E-state index >= 15 is 0 Å². The van der Waals surface area contributed by atoms with Crippen LogP contribution in [0, 0.1) is 0 Å². The highest BCUT2D eigenvalue weighted by molar-refractivity contribution is 6.09. The summed E-state index contributed by atoms with van der Waals surface area (Å²) in [6, 6.07) is 101. The van der Waals surface area contributed by atoms with Crippen molar-refractivity contribution in [2.75, 3.05) is 4.90 Å². The Labute approximate surface area is 423 Å². The maximum Gasteiger partial charge on any atom is 0.136 e. The van der Waals surface area contributed by atoms with Crippen molar-refractivity contribution in [1.82, 2.24) is 4.57 Å². The average Bonchev–Trinajstić information content (AvgIpc) is 4.01. The lowest BCUT2D eigenvalue weighted by Crippen LogP contribution is -2.09. The lowest BCUT2D eigenvalue weighted by molar-refractivity contribution is 0.669. The molecule has 0 saturated carbocycles. The summed E-state index contributed by atoms with van der Waals surface area (Å²) in [4.78, 5) is 2.35. The standard InChI is InChI=1S/C70H46N2O/c1-2-12-53-44-57(28-27-47(53)11-1)55-14-9-13-54(43-55)51-31-38-60(39-32-51)71(61-40-33-52(34-41-61)58-35-42-66-65-19-5-8-22-69(65)73-70(66)46-58)59-36-29-49(30-37-59)48-23-25-50(26-24-48)56-15-10-16-62(45-56)72-67-20-6-3-17-63(67)64-18-4-7-21-68(64)72/h1-46H. The van der Waals surface area contributed by atoms with Gasteiger partial charge in [0.25, 0.3) is 0 Å². The van der Waals surface area contributed by atoms with Crippen LogP contribution in [0.2, 0.25) is 0 Å². The third-order valence-electron chi connectivity index (χ3n) is 14.6. The van der Waals surface area contributed by atoms with Crippen LogP contribution in [0.1, 0.15) is 0 Å². The molecule has 0 aliphatic rings. The third-order valence-corrected chi connectivity index (χ3v) is 14.6. The molecule has 12 aromatic carbocycles. The van der Waals surface area contributed by atoms with Crippen molar-refractivity contribution in [3.05, 3.63) is 279 Å². The van der Waals surface area contributed by atoms with Crippen LogP contribution < -0.4 is 4.90 Å². The summed E-state index contributed by atoms with van der Waals surface area (Å²) < 4.78 is 8.66. The minimum absolute atomic E-state index is 0.895. The van der Waals surface area contributed by atoms with Gasteiger partial charge in [-0.15, -0.1) is 0 Å². The number of rotatable bonds is 9. The smallest absolute Gasteiger partial charge is 0.136 e. The molecule has 2 aromatic heterocycles. The Bertz CT molecular complexity index is 4300. The second kappa shape index (κ2) is 17.6. The number of nitrogens with zero attached hydrogens (tertiary/aromatic N) is 2. The van der Waals surface area contributed by atoms with Gasteiger partial charge in [-0.25, -0.2) is 0 Å². The zero-order valence-electron chi connectivity index (χ0n) is 39.9. The third kappa shape index (κ3) is 7.63. The van der Waals surface area contributed by atoms with E-state index < -0.39 is 0 Å². The minimum atomic E-state index is 0.895. The van der Waals surface area contributed by atoms with Crippen LogP contribution in [0.5, 0.6) is 0 Å². The topological polar surface area (TPSA) is 21.3 Å². The molecule has 0 atom stereocenters. The van der Waals surface area contributed by atoms with E-state index in [0.29, 0.717) is 0 Å². The summed E-state index contributed by atoms with van der Waals surface area (Å²) in [6.45, 7) is 0. The van der Waals surface area contributed by atoms with E-state index in [2.05, 4.69) is 276 Å². The molecule has 3 heteroatoms. The Morgan fingerprint density at radius 2 is 0.658 bits per heavy atom. The Hall–Kier alpha value is -9.70. The molecule has 0 N–H and O–H groups in total. The van der Waals surface area contributed by atoms with E-state index in [1.807, 2.05) is 12.1 Å². The first kappa shape index (κ1) is 42.2. The molecule has 0 radical (unpaired) electrons. The van der Waals surface area contributed by atoms with Gasteiger partial charge in [0.2, 0.25) is 0 Å². The SMILES string of the molecule is c1cc(-c2ccc(N(c3ccc(-c4ccc(-c5cccc(-n6c7ccccc7c7ccccc76)c5)cc4)cc3)c3ccc(-c4ccc5c(c4)oc4ccccc45)cc3)cc2)cc(-c2ccc3ccccc3c2)c1. The summed E-state index contributed by atoms with van der Waals surface area (Å²) in [6.07, 6.45) is 0. The molecule has 14 rings (SSSR count). The van der Waals surface area contributed by atoms with Gasteiger partial charge in [0.05, 0.1) is 11.0 Å². The van der Waals surface area contributed by atoms with Gasteiger partial charge in [-0.2, -0.15) is 0 Å². The van der Waals surface area contributed by atoms with E-state index in [0.717, 1.165) is 61.4 Å². The Morgan fingerprint density at radius 1 is 0.247 bits per heavy atom. The van der Waals surface area contributed by atoms with Crippen molar-refractivity contribution in [3.63, 3.8) is 0 Å². The molecule has 14 aromatic rings.